The van der Waals surface area contributed by atoms with Crippen molar-refractivity contribution in [1.82, 2.24) is 5.32 Å². The quantitative estimate of drug-likeness (QED) is 0.883. The van der Waals surface area contributed by atoms with Crippen molar-refractivity contribution < 1.29 is 17.9 Å². The molecule has 0 aromatic heterocycles. The van der Waals surface area contributed by atoms with E-state index in [9.17, 15) is 13.2 Å². The van der Waals surface area contributed by atoms with Crippen LogP contribution >= 0.6 is 0 Å². The third-order valence-electron chi connectivity index (χ3n) is 2.90. The van der Waals surface area contributed by atoms with Crippen molar-refractivity contribution in [2.45, 2.75) is 19.3 Å². The van der Waals surface area contributed by atoms with Crippen LogP contribution in [0.3, 0.4) is 0 Å². The average Bonchev–Trinajstić information content (AvgIpc) is 2.29. The van der Waals surface area contributed by atoms with Gasteiger partial charge in [-0.25, -0.2) is 0 Å². The normalized spacial score (nSPS) is 20.9. The molecule has 1 aromatic rings. The van der Waals surface area contributed by atoms with Gasteiger partial charge in [-0.3, -0.25) is 0 Å². The molecule has 1 fully saturated rings. The van der Waals surface area contributed by atoms with Gasteiger partial charge in [-0.05, 0) is 31.2 Å². The highest BCUT2D eigenvalue weighted by molar-refractivity contribution is 5.50. The molecule has 0 amide bonds. The molecule has 1 aliphatic heterocycles. The fraction of sp³-hybridized carbons (Fsp3) is 0.500. The third kappa shape index (κ3) is 3.29. The zero-order chi connectivity index (χ0) is 13.2. The summed E-state index contributed by atoms with van der Waals surface area (Å²) in [6.07, 6.45) is -4.64. The fourth-order valence-corrected chi connectivity index (χ4v) is 2.06. The van der Waals surface area contributed by atoms with E-state index < -0.39 is 6.36 Å². The minimum Gasteiger partial charge on any atom is -0.406 e. The fourth-order valence-electron chi connectivity index (χ4n) is 2.06. The number of nitrogens with one attached hydrogen (secondary N) is 1. The van der Waals surface area contributed by atoms with Gasteiger partial charge in [0.25, 0.3) is 0 Å². The van der Waals surface area contributed by atoms with Crippen molar-refractivity contribution >= 4 is 5.69 Å². The second-order valence-corrected chi connectivity index (χ2v) is 4.29. The summed E-state index contributed by atoms with van der Waals surface area (Å²) < 4.78 is 39.9. The predicted molar refractivity (Wildman–Crippen MR) is 62.8 cm³/mol. The minimum atomic E-state index is -4.64. The van der Waals surface area contributed by atoms with E-state index in [4.69, 9.17) is 0 Å². The van der Waals surface area contributed by atoms with E-state index in [1.807, 2.05) is 0 Å². The number of alkyl halides is 3. The number of hydrogen-bond donors (Lipinski definition) is 1. The molecule has 0 aliphatic carbocycles. The van der Waals surface area contributed by atoms with Crippen molar-refractivity contribution in [3.05, 3.63) is 24.3 Å². The van der Waals surface area contributed by atoms with Crippen LogP contribution in [0.25, 0.3) is 0 Å². The highest BCUT2D eigenvalue weighted by Crippen LogP contribution is 2.26. The monoisotopic (exact) mass is 260 g/mol. The molecule has 100 valence electrons. The Bertz CT molecular complexity index is 391. The number of hydrogen-bond acceptors (Lipinski definition) is 3. The first-order valence-electron chi connectivity index (χ1n) is 5.79. The second kappa shape index (κ2) is 5.06. The molecule has 0 saturated carbocycles. The summed E-state index contributed by atoms with van der Waals surface area (Å²) >= 11 is 0. The molecule has 1 atom stereocenters. The summed E-state index contributed by atoms with van der Waals surface area (Å²) in [5, 5.41) is 3.26. The van der Waals surface area contributed by atoms with E-state index in [1.54, 1.807) is 12.1 Å². The lowest BCUT2D eigenvalue weighted by atomic mass is 10.2. The van der Waals surface area contributed by atoms with E-state index in [2.05, 4.69) is 21.9 Å². The van der Waals surface area contributed by atoms with Gasteiger partial charge in [-0.15, -0.1) is 13.2 Å². The Morgan fingerprint density at radius 3 is 2.50 bits per heavy atom. The molecule has 1 aromatic carbocycles. The Morgan fingerprint density at radius 1 is 1.28 bits per heavy atom. The summed E-state index contributed by atoms with van der Waals surface area (Å²) in [7, 11) is 0. The summed E-state index contributed by atoms with van der Waals surface area (Å²) in [4.78, 5) is 2.16. The Balaban J connectivity index is 2.07. The van der Waals surface area contributed by atoms with Gasteiger partial charge in [0.15, 0.2) is 0 Å². The molecule has 0 bridgehead atoms. The van der Waals surface area contributed by atoms with Gasteiger partial charge in [0.1, 0.15) is 5.75 Å². The molecule has 0 radical (unpaired) electrons. The van der Waals surface area contributed by atoms with Gasteiger partial charge < -0.3 is 15.0 Å². The Labute approximate surface area is 104 Å². The van der Waals surface area contributed by atoms with Gasteiger partial charge >= 0.3 is 6.36 Å². The van der Waals surface area contributed by atoms with Crippen LogP contribution in [0.4, 0.5) is 18.9 Å². The number of benzene rings is 1. The molecule has 1 N–H and O–H groups in total. The maximum atomic E-state index is 12.0. The zero-order valence-electron chi connectivity index (χ0n) is 10.00. The summed E-state index contributed by atoms with van der Waals surface area (Å²) in [5.41, 5.74) is 0.915. The molecular weight excluding hydrogens is 245 g/mol. The minimum absolute atomic E-state index is 0.186. The molecule has 1 unspecified atom stereocenters. The Kier molecular flexibility index (Phi) is 3.65. The number of halogens is 3. The first-order valence-corrected chi connectivity index (χ1v) is 5.79. The SMILES string of the molecule is CC1CNCCN1c1ccc(OC(F)(F)F)cc1. The van der Waals surface area contributed by atoms with Crippen molar-refractivity contribution in [3.8, 4) is 5.75 Å². The van der Waals surface area contributed by atoms with Gasteiger partial charge in [-0.1, -0.05) is 0 Å². The van der Waals surface area contributed by atoms with Crippen LogP contribution in [-0.4, -0.2) is 32.0 Å². The Morgan fingerprint density at radius 2 is 1.94 bits per heavy atom. The van der Waals surface area contributed by atoms with Gasteiger partial charge in [-0.2, -0.15) is 0 Å². The lowest BCUT2D eigenvalue weighted by Crippen LogP contribution is -2.49. The van der Waals surface area contributed by atoms with Crippen LogP contribution in [0, 0.1) is 0 Å². The number of anilines is 1. The largest absolute Gasteiger partial charge is 0.573 e. The van der Waals surface area contributed by atoms with E-state index in [-0.39, 0.29) is 5.75 Å². The van der Waals surface area contributed by atoms with Crippen LogP contribution in [-0.2, 0) is 0 Å². The summed E-state index contributed by atoms with van der Waals surface area (Å²) in [5.74, 6) is -0.186. The smallest absolute Gasteiger partial charge is 0.406 e. The van der Waals surface area contributed by atoms with Crippen LogP contribution in [0.15, 0.2) is 24.3 Å². The average molecular weight is 260 g/mol. The molecule has 0 spiro atoms. The van der Waals surface area contributed by atoms with Crippen LogP contribution in [0.1, 0.15) is 6.92 Å². The first kappa shape index (κ1) is 13.0. The molecule has 1 heterocycles. The predicted octanol–water partition coefficient (Wildman–Crippen LogP) is 2.38. The number of ether oxygens (including phenoxy) is 1. The van der Waals surface area contributed by atoms with E-state index in [0.29, 0.717) is 6.04 Å². The van der Waals surface area contributed by atoms with Crippen LogP contribution < -0.4 is 15.0 Å². The van der Waals surface area contributed by atoms with E-state index in [1.165, 1.54) is 12.1 Å². The summed E-state index contributed by atoms with van der Waals surface area (Å²) in [6, 6.07) is 6.33. The molecule has 1 saturated heterocycles. The highest BCUT2D eigenvalue weighted by atomic mass is 19.4. The zero-order valence-corrected chi connectivity index (χ0v) is 10.00. The molecule has 3 nitrogen and oxygen atoms in total. The standard InChI is InChI=1S/C12H15F3N2O/c1-9-8-16-6-7-17(9)10-2-4-11(5-3-10)18-12(13,14)15/h2-5,9,16H,6-8H2,1H3. The highest BCUT2D eigenvalue weighted by Gasteiger charge is 2.31. The first-order chi connectivity index (χ1) is 8.46. The third-order valence-corrected chi connectivity index (χ3v) is 2.90. The van der Waals surface area contributed by atoms with E-state index >= 15 is 0 Å². The number of rotatable bonds is 2. The van der Waals surface area contributed by atoms with Gasteiger partial charge in [0, 0.05) is 31.4 Å². The second-order valence-electron chi connectivity index (χ2n) is 4.29. The number of nitrogens with zero attached hydrogens (tertiary/aromatic N) is 1. The van der Waals surface area contributed by atoms with E-state index in [0.717, 1.165) is 25.3 Å². The molecule has 6 heteroatoms. The number of piperazine rings is 1. The van der Waals surface area contributed by atoms with Gasteiger partial charge in [0.2, 0.25) is 0 Å². The van der Waals surface area contributed by atoms with Crippen molar-refractivity contribution in [2.75, 3.05) is 24.5 Å². The van der Waals surface area contributed by atoms with Crippen molar-refractivity contribution in [3.63, 3.8) is 0 Å². The van der Waals surface area contributed by atoms with Crippen molar-refractivity contribution in [1.29, 1.82) is 0 Å². The van der Waals surface area contributed by atoms with Crippen molar-refractivity contribution in [2.24, 2.45) is 0 Å². The Hall–Kier alpha value is -1.43. The molecular formula is C12H15F3N2O. The molecule has 2 rings (SSSR count). The lowest BCUT2D eigenvalue weighted by molar-refractivity contribution is -0.274. The molecule has 1 aliphatic rings. The topological polar surface area (TPSA) is 24.5 Å². The van der Waals surface area contributed by atoms with Crippen LogP contribution in [0.2, 0.25) is 0 Å². The maximum Gasteiger partial charge on any atom is 0.573 e. The lowest BCUT2D eigenvalue weighted by Gasteiger charge is -2.35. The van der Waals surface area contributed by atoms with Gasteiger partial charge in [0.05, 0.1) is 0 Å². The summed E-state index contributed by atoms with van der Waals surface area (Å²) in [6.45, 7) is 4.68. The maximum absolute atomic E-state index is 12.0. The molecule has 18 heavy (non-hydrogen) atoms. The van der Waals surface area contributed by atoms with Crippen LogP contribution in [0.5, 0.6) is 5.75 Å².